The molecule has 0 aliphatic rings. The molecular weight excluding hydrogens is 264 g/mol. The quantitative estimate of drug-likeness (QED) is 0.561. The summed E-state index contributed by atoms with van der Waals surface area (Å²) in [6.07, 6.45) is 1.75. The number of fused-ring (bicyclic) bond motifs is 2. The summed E-state index contributed by atoms with van der Waals surface area (Å²) in [6, 6.07) is 11.4. The minimum atomic E-state index is -0.119. The number of aryl methyl sites for hydroxylation is 1. The number of benzene rings is 2. The number of nitrogens with zero attached hydrogens (tertiary/aromatic N) is 2. The molecule has 0 bridgehead atoms. The van der Waals surface area contributed by atoms with Gasteiger partial charge in [-0.2, -0.15) is 5.10 Å². The second-order valence-electron chi connectivity index (χ2n) is 5.06. The van der Waals surface area contributed by atoms with Crippen LogP contribution in [0.15, 0.2) is 47.4 Å². The van der Waals surface area contributed by atoms with Crippen LogP contribution in [0.3, 0.4) is 0 Å². The highest BCUT2D eigenvalue weighted by molar-refractivity contribution is 5.85. The van der Waals surface area contributed by atoms with Crippen LogP contribution in [0.25, 0.3) is 33.2 Å². The van der Waals surface area contributed by atoms with E-state index in [4.69, 9.17) is 0 Å². The number of hydrogen-bond acceptors (Lipinski definition) is 3. The van der Waals surface area contributed by atoms with Crippen molar-refractivity contribution in [3.8, 4) is 11.4 Å². The van der Waals surface area contributed by atoms with E-state index in [9.17, 15) is 4.79 Å². The van der Waals surface area contributed by atoms with Crippen LogP contribution in [0.1, 0.15) is 5.56 Å². The topological polar surface area (TPSA) is 74.4 Å². The van der Waals surface area contributed by atoms with Crippen molar-refractivity contribution in [2.75, 3.05) is 0 Å². The van der Waals surface area contributed by atoms with Crippen molar-refractivity contribution < 1.29 is 0 Å². The average Bonchev–Trinajstić information content (AvgIpc) is 2.95. The molecule has 0 aliphatic heterocycles. The zero-order chi connectivity index (χ0) is 14.4. The molecule has 102 valence electrons. The van der Waals surface area contributed by atoms with Gasteiger partial charge >= 0.3 is 0 Å². The van der Waals surface area contributed by atoms with E-state index in [1.807, 2.05) is 37.3 Å². The lowest BCUT2D eigenvalue weighted by Gasteiger charge is -2.05. The normalized spacial score (nSPS) is 11.3. The van der Waals surface area contributed by atoms with E-state index < -0.39 is 0 Å². The lowest BCUT2D eigenvalue weighted by Crippen LogP contribution is -2.10. The van der Waals surface area contributed by atoms with Gasteiger partial charge in [0.25, 0.3) is 5.56 Å². The van der Waals surface area contributed by atoms with Crippen LogP contribution in [-0.2, 0) is 0 Å². The maximum absolute atomic E-state index is 12.2. The molecule has 5 nitrogen and oxygen atoms in total. The van der Waals surface area contributed by atoms with Crippen molar-refractivity contribution in [1.82, 2.24) is 20.2 Å². The van der Waals surface area contributed by atoms with Gasteiger partial charge < -0.3 is 4.98 Å². The maximum atomic E-state index is 12.2. The first kappa shape index (κ1) is 11.8. The zero-order valence-corrected chi connectivity index (χ0v) is 11.3. The monoisotopic (exact) mass is 276 g/mol. The Morgan fingerprint density at radius 3 is 2.95 bits per heavy atom. The number of aromatic amines is 2. The highest BCUT2D eigenvalue weighted by Crippen LogP contribution is 2.21. The fourth-order valence-corrected chi connectivity index (χ4v) is 2.53. The first-order chi connectivity index (χ1) is 10.2. The fourth-order valence-electron chi connectivity index (χ4n) is 2.53. The molecular formula is C16H12N4O. The molecule has 21 heavy (non-hydrogen) atoms. The first-order valence-corrected chi connectivity index (χ1v) is 6.65. The average molecular weight is 276 g/mol. The summed E-state index contributed by atoms with van der Waals surface area (Å²) in [6.45, 7) is 1.96. The molecule has 0 fully saturated rings. The van der Waals surface area contributed by atoms with Crippen LogP contribution >= 0.6 is 0 Å². The Morgan fingerprint density at radius 1 is 1.14 bits per heavy atom. The smallest absolute Gasteiger partial charge is 0.259 e. The van der Waals surface area contributed by atoms with Crippen LogP contribution in [0.2, 0.25) is 0 Å². The van der Waals surface area contributed by atoms with Gasteiger partial charge in [-0.15, -0.1) is 0 Å². The molecule has 0 unspecified atom stereocenters. The van der Waals surface area contributed by atoms with Gasteiger partial charge in [0, 0.05) is 10.9 Å². The molecule has 0 aliphatic carbocycles. The molecule has 2 aromatic heterocycles. The molecule has 4 rings (SSSR count). The van der Waals surface area contributed by atoms with Crippen molar-refractivity contribution >= 4 is 21.8 Å². The summed E-state index contributed by atoms with van der Waals surface area (Å²) >= 11 is 0. The first-order valence-electron chi connectivity index (χ1n) is 6.65. The summed E-state index contributed by atoms with van der Waals surface area (Å²) in [5.41, 5.74) is 3.43. The van der Waals surface area contributed by atoms with Crippen LogP contribution in [0.5, 0.6) is 0 Å². The Bertz CT molecular complexity index is 1030. The van der Waals surface area contributed by atoms with Gasteiger partial charge in [-0.05, 0) is 36.8 Å². The van der Waals surface area contributed by atoms with E-state index >= 15 is 0 Å². The molecule has 4 aromatic rings. The Kier molecular flexibility index (Phi) is 2.41. The van der Waals surface area contributed by atoms with Crippen molar-refractivity contribution in [2.45, 2.75) is 6.92 Å². The van der Waals surface area contributed by atoms with Crippen molar-refractivity contribution in [2.24, 2.45) is 0 Å². The predicted molar refractivity (Wildman–Crippen MR) is 82.2 cm³/mol. The van der Waals surface area contributed by atoms with Crippen LogP contribution in [-0.4, -0.2) is 20.2 Å². The number of hydrogen-bond donors (Lipinski definition) is 2. The predicted octanol–water partition coefficient (Wildman–Crippen LogP) is 2.77. The third-order valence-corrected chi connectivity index (χ3v) is 3.65. The van der Waals surface area contributed by atoms with E-state index in [-0.39, 0.29) is 5.56 Å². The molecule has 2 aromatic carbocycles. The summed E-state index contributed by atoms with van der Waals surface area (Å²) in [7, 11) is 0. The van der Waals surface area contributed by atoms with Gasteiger partial charge in [-0.25, -0.2) is 4.98 Å². The van der Waals surface area contributed by atoms with E-state index in [0.29, 0.717) is 11.2 Å². The van der Waals surface area contributed by atoms with Crippen molar-refractivity contribution in [1.29, 1.82) is 0 Å². The number of para-hydroxylation sites is 1. The molecule has 5 heteroatoms. The van der Waals surface area contributed by atoms with Crippen molar-refractivity contribution in [3.05, 3.63) is 58.5 Å². The summed E-state index contributed by atoms with van der Waals surface area (Å²) < 4.78 is 0. The fraction of sp³-hybridized carbons (Fsp3) is 0.0625. The number of rotatable bonds is 1. The largest absolute Gasteiger partial charge is 0.306 e. The summed E-state index contributed by atoms with van der Waals surface area (Å²) in [5, 5.41) is 8.51. The number of nitrogens with one attached hydrogen (secondary N) is 2. The highest BCUT2D eigenvalue weighted by atomic mass is 16.1. The number of H-pyrrole nitrogens is 2. The Hall–Kier alpha value is -2.95. The third-order valence-electron chi connectivity index (χ3n) is 3.65. The zero-order valence-electron chi connectivity index (χ0n) is 11.3. The van der Waals surface area contributed by atoms with E-state index in [1.165, 1.54) is 0 Å². The maximum Gasteiger partial charge on any atom is 0.259 e. The number of aromatic nitrogens is 4. The molecule has 0 radical (unpaired) electrons. The molecule has 0 saturated carbocycles. The summed E-state index contributed by atoms with van der Waals surface area (Å²) in [5.74, 6) is 0.574. The molecule has 0 saturated heterocycles. The minimum Gasteiger partial charge on any atom is -0.306 e. The van der Waals surface area contributed by atoms with Crippen LogP contribution in [0.4, 0.5) is 0 Å². The van der Waals surface area contributed by atoms with Crippen LogP contribution in [0, 0.1) is 6.92 Å². The third kappa shape index (κ3) is 1.82. The van der Waals surface area contributed by atoms with Gasteiger partial charge in [-0.3, -0.25) is 9.89 Å². The summed E-state index contributed by atoms with van der Waals surface area (Å²) in [4.78, 5) is 19.7. The molecule has 0 spiro atoms. The lowest BCUT2D eigenvalue weighted by atomic mass is 10.1. The highest BCUT2D eigenvalue weighted by Gasteiger charge is 2.08. The van der Waals surface area contributed by atoms with E-state index in [1.54, 1.807) is 12.3 Å². The van der Waals surface area contributed by atoms with Gasteiger partial charge in [0.15, 0.2) is 0 Å². The van der Waals surface area contributed by atoms with Gasteiger partial charge in [-0.1, -0.05) is 12.1 Å². The standard InChI is InChI=1S/C16H12N4O/c1-9-3-2-4-12-14(9)18-15(19-16(12)21)10-5-6-13-11(7-10)8-17-20-13/h2-8H,1H3,(H,17,20)(H,18,19,21). The SMILES string of the molecule is Cc1cccc2c(=O)[nH]c(-c3ccc4[nH]ncc4c3)nc12. The molecule has 2 heterocycles. The van der Waals surface area contributed by atoms with Gasteiger partial charge in [0.1, 0.15) is 5.82 Å². The Balaban J connectivity index is 2.01. The van der Waals surface area contributed by atoms with Crippen molar-refractivity contribution in [3.63, 3.8) is 0 Å². The van der Waals surface area contributed by atoms with Gasteiger partial charge in [0.05, 0.1) is 22.6 Å². The Morgan fingerprint density at radius 2 is 2.05 bits per heavy atom. The second kappa shape index (κ2) is 4.28. The van der Waals surface area contributed by atoms with Crippen LogP contribution < -0.4 is 5.56 Å². The minimum absolute atomic E-state index is 0.119. The molecule has 0 amide bonds. The van der Waals surface area contributed by atoms with Gasteiger partial charge in [0.2, 0.25) is 0 Å². The molecule has 0 atom stereocenters. The molecule has 2 N–H and O–H groups in total. The van der Waals surface area contributed by atoms with E-state index in [0.717, 1.165) is 27.5 Å². The Labute approximate surface area is 119 Å². The van der Waals surface area contributed by atoms with E-state index in [2.05, 4.69) is 20.2 Å². The lowest BCUT2D eigenvalue weighted by molar-refractivity contribution is 1.12. The second-order valence-corrected chi connectivity index (χ2v) is 5.06.